The van der Waals surface area contributed by atoms with Crippen molar-refractivity contribution in [1.29, 1.82) is 0 Å². The third kappa shape index (κ3) is 1.67. The van der Waals surface area contributed by atoms with Crippen molar-refractivity contribution in [2.24, 2.45) is 0 Å². The zero-order chi connectivity index (χ0) is 11.8. The topological polar surface area (TPSA) is 53.5 Å². The number of nitrogens with zero attached hydrogens (tertiary/aromatic N) is 3. The summed E-state index contributed by atoms with van der Waals surface area (Å²) < 4.78 is 0. The first-order valence-corrected chi connectivity index (χ1v) is 5.75. The molecule has 0 saturated carbocycles. The van der Waals surface area contributed by atoms with Crippen molar-refractivity contribution in [3.8, 4) is 0 Å². The van der Waals surface area contributed by atoms with E-state index in [9.17, 15) is 9.59 Å². The van der Waals surface area contributed by atoms with Crippen LogP contribution in [0.4, 0.5) is 0 Å². The highest BCUT2D eigenvalue weighted by atomic mass is 16.2. The molecule has 5 nitrogen and oxygen atoms in total. The fourth-order valence-electron chi connectivity index (χ4n) is 2.34. The Labute approximate surface area is 99.0 Å². The molecule has 0 bridgehead atoms. The van der Waals surface area contributed by atoms with Gasteiger partial charge in [-0.1, -0.05) is 6.07 Å². The molecule has 2 aliphatic heterocycles. The van der Waals surface area contributed by atoms with Gasteiger partial charge < -0.3 is 9.80 Å². The normalized spacial score (nSPS) is 23.1. The van der Waals surface area contributed by atoms with Crippen molar-refractivity contribution in [1.82, 2.24) is 14.8 Å². The van der Waals surface area contributed by atoms with Crippen molar-refractivity contribution in [3.05, 3.63) is 30.1 Å². The Hall–Kier alpha value is -1.91. The van der Waals surface area contributed by atoms with Crippen LogP contribution in [-0.2, 0) is 4.79 Å². The molecule has 5 heteroatoms. The maximum absolute atomic E-state index is 12.1. The van der Waals surface area contributed by atoms with Crippen LogP contribution in [0.3, 0.4) is 0 Å². The standard InChI is InChI=1S/C12H13N3O2/c16-11-8-14(7-9-4-6-15(9)11)12(17)10-3-1-2-5-13-10/h1-3,5,9H,4,6-8H2/t9-/m1/s1. The number of carbonyl (C=O) groups excluding carboxylic acids is 2. The molecule has 1 aromatic heterocycles. The van der Waals surface area contributed by atoms with Gasteiger partial charge in [0.05, 0.1) is 6.04 Å². The molecule has 1 aromatic rings. The molecule has 2 amide bonds. The molecule has 0 aromatic carbocycles. The van der Waals surface area contributed by atoms with E-state index < -0.39 is 0 Å². The molecule has 0 spiro atoms. The van der Waals surface area contributed by atoms with Crippen molar-refractivity contribution >= 4 is 11.8 Å². The van der Waals surface area contributed by atoms with Crippen LogP contribution in [0.2, 0.25) is 0 Å². The van der Waals surface area contributed by atoms with Crippen molar-refractivity contribution in [2.45, 2.75) is 12.5 Å². The minimum Gasteiger partial charge on any atom is -0.336 e. The highest BCUT2D eigenvalue weighted by molar-refractivity contribution is 5.95. The van der Waals surface area contributed by atoms with E-state index in [-0.39, 0.29) is 24.4 Å². The Morgan fingerprint density at radius 1 is 1.41 bits per heavy atom. The second-order valence-corrected chi connectivity index (χ2v) is 4.43. The molecule has 0 unspecified atom stereocenters. The lowest BCUT2D eigenvalue weighted by Gasteiger charge is -2.47. The lowest BCUT2D eigenvalue weighted by Crippen LogP contribution is -2.64. The number of pyridine rings is 1. The van der Waals surface area contributed by atoms with Crippen LogP contribution in [0.25, 0.3) is 0 Å². The summed E-state index contributed by atoms with van der Waals surface area (Å²) in [5.74, 6) is -0.0951. The second-order valence-electron chi connectivity index (χ2n) is 4.43. The molecular weight excluding hydrogens is 218 g/mol. The number of rotatable bonds is 1. The summed E-state index contributed by atoms with van der Waals surface area (Å²) in [6.07, 6.45) is 2.59. The fourth-order valence-corrected chi connectivity index (χ4v) is 2.34. The van der Waals surface area contributed by atoms with E-state index in [4.69, 9.17) is 0 Å². The summed E-state index contributed by atoms with van der Waals surface area (Å²) >= 11 is 0. The molecule has 2 fully saturated rings. The summed E-state index contributed by atoms with van der Waals surface area (Å²) in [6, 6.07) is 5.46. The minimum atomic E-state index is -0.148. The maximum atomic E-state index is 12.1. The summed E-state index contributed by atoms with van der Waals surface area (Å²) in [5, 5.41) is 0. The average Bonchev–Trinajstić information content (AvgIpc) is 2.32. The van der Waals surface area contributed by atoms with Crippen molar-refractivity contribution < 1.29 is 9.59 Å². The lowest BCUT2D eigenvalue weighted by molar-refractivity contribution is -0.145. The van der Waals surface area contributed by atoms with Crippen molar-refractivity contribution in [3.63, 3.8) is 0 Å². The molecule has 0 radical (unpaired) electrons. The monoisotopic (exact) mass is 231 g/mol. The largest absolute Gasteiger partial charge is 0.336 e. The van der Waals surface area contributed by atoms with E-state index in [2.05, 4.69) is 4.98 Å². The predicted molar refractivity (Wildman–Crippen MR) is 60.3 cm³/mol. The number of piperazine rings is 1. The summed E-state index contributed by atoms with van der Waals surface area (Å²) in [7, 11) is 0. The molecule has 0 N–H and O–H groups in total. The molecule has 2 aliphatic rings. The third-order valence-electron chi connectivity index (χ3n) is 3.39. The molecule has 1 atom stereocenters. The third-order valence-corrected chi connectivity index (χ3v) is 3.39. The van der Waals surface area contributed by atoms with Gasteiger partial charge in [-0.15, -0.1) is 0 Å². The Balaban J connectivity index is 1.77. The van der Waals surface area contributed by atoms with E-state index in [0.29, 0.717) is 12.2 Å². The van der Waals surface area contributed by atoms with Gasteiger partial charge in [-0.05, 0) is 18.6 Å². The first-order chi connectivity index (χ1) is 8.25. The van der Waals surface area contributed by atoms with Gasteiger partial charge in [0.2, 0.25) is 5.91 Å². The van der Waals surface area contributed by atoms with Gasteiger partial charge >= 0.3 is 0 Å². The van der Waals surface area contributed by atoms with Crippen LogP contribution < -0.4 is 0 Å². The van der Waals surface area contributed by atoms with Crippen LogP contribution >= 0.6 is 0 Å². The lowest BCUT2D eigenvalue weighted by atomic mass is 9.99. The van der Waals surface area contributed by atoms with Gasteiger partial charge in [0.15, 0.2) is 0 Å². The van der Waals surface area contributed by atoms with Gasteiger partial charge in [0.25, 0.3) is 5.91 Å². The van der Waals surface area contributed by atoms with Gasteiger partial charge in [0, 0.05) is 19.3 Å². The number of amides is 2. The van der Waals surface area contributed by atoms with Gasteiger partial charge in [0.1, 0.15) is 12.2 Å². The van der Waals surface area contributed by atoms with E-state index in [0.717, 1.165) is 13.0 Å². The second kappa shape index (κ2) is 3.84. The Kier molecular flexibility index (Phi) is 2.31. The first-order valence-electron chi connectivity index (χ1n) is 5.75. The van der Waals surface area contributed by atoms with E-state index in [1.54, 1.807) is 29.3 Å². The molecule has 88 valence electrons. The van der Waals surface area contributed by atoms with Crippen molar-refractivity contribution in [2.75, 3.05) is 19.6 Å². The Morgan fingerprint density at radius 3 is 2.88 bits per heavy atom. The minimum absolute atomic E-state index is 0.0526. The smallest absolute Gasteiger partial charge is 0.272 e. The predicted octanol–water partition coefficient (Wildman–Crippen LogP) is 0.138. The van der Waals surface area contributed by atoms with E-state index >= 15 is 0 Å². The van der Waals surface area contributed by atoms with Gasteiger partial charge in [-0.2, -0.15) is 0 Å². The highest BCUT2D eigenvalue weighted by Gasteiger charge is 2.40. The highest BCUT2D eigenvalue weighted by Crippen LogP contribution is 2.23. The number of hydrogen-bond donors (Lipinski definition) is 0. The SMILES string of the molecule is O=C(c1ccccn1)N1CC(=O)N2CC[C@@H]2C1. The van der Waals surface area contributed by atoms with Gasteiger partial charge in [-0.3, -0.25) is 14.6 Å². The zero-order valence-electron chi connectivity index (χ0n) is 9.37. The number of aromatic nitrogens is 1. The van der Waals surface area contributed by atoms with E-state index in [1.165, 1.54) is 0 Å². The molecule has 2 saturated heterocycles. The van der Waals surface area contributed by atoms with Crippen LogP contribution in [0.5, 0.6) is 0 Å². The maximum Gasteiger partial charge on any atom is 0.272 e. The summed E-state index contributed by atoms with van der Waals surface area (Å²) in [4.78, 5) is 31.3. The summed E-state index contributed by atoms with van der Waals surface area (Å²) in [6.45, 7) is 1.67. The van der Waals surface area contributed by atoms with Crippen LogP contribution in [0, 0.1) is 0 Å². The Bertz CT molecular complexity index is 460. The zero-order valence-corrected chi connectivity index (χ0v) is 9.37. The summed E-state index contributed by atoms with van der Waals surface area (Å²) in [5.41, 5.74) is 0.410. The van der Waals surface area contributed by atoms with Crippen LogP contribution in [-0.4, -0.2) is 52.3 Å². The molecular formula is C12H13N3O2. The number of carbonyl (C=O) groups is 2. The Morgan fingerprint density at radius 2 is 2.29 bits per heavy atom. The quantitative estimate of drug-likeness (QED) is 0.690. The molecule has 17 heavy (non-hydrogen) atoms. The van der Waals surface area contributed by atoms with Crippen LogP contribution in [0.15, 0.2) is 24.4 Å². The van der Waals surface area contributed by atoms with E-state index in [1.807, 2.05) is 4.90 Å². The molecule has 0 aliphatic carbocycles. The first kappa shape index (κ1) is 10.3. The molecule has 3 rings (SSSR count). The fraction of sp³-hybridized carbons (Fsp3) is 0.417. The van der Waals surface area contributed by atoms with Gasteiger partial charge in [-0.25, -0.2) is 0 Å². The average molecular weight is 231 g/mol. The number of fused-ring (bicyclic) bond motifs is 1. The number of hydrogen-bond acceptors (Lipinski definition) is 3. The molecule has 3 heterocycles. The van der Waals surface area contributed by atoms with Crippen LogP contribution in [0.1, 0.15) is 16.9 Å².